The summed E-state index contributed by atoms with van der Waals surface area (Å²) >= 11 is 0. The highest BCUT2D eigenvalue weighted by atomic mass is 19.1. The van der Waals surface area contributed by atoms with Gasteiger partial charge in [0.05, 0.1) is 6.61 Å². The number of aryl methyl sites for hydroxylation is 1. The van der Waals surface area contributed by atoms with E-state index in [0.717, 1.165) is 5.56 Å². The summed E-state index contributed by atoms with van der Waals surface area (Å²) in [6.45, 7) is 4.16. The standard InChI is InChI=1S/C13H15FN4O/c1-3-19-13-11(15)12(16-7-17-13)18-10-6-9(14)5-4-8(10)2/h4-7H,3,15H2,1-2H3,(H,16,17,18). The Kier molecular flexibility index (Phi) is 3.79. The maximum Gasteiger partial charge on any atom is 0.242 e. The van der Waals surface area contributed by atoms with Crippen molar-refractivity contribution in [3.05, 3.63) is 35.9 Å². The molecule has 100 valence electrons. The SMILES string of the molecule is CCOc1ncnc(Nc2cc(F)ccc2C)c1N. The van der Waals surface area contributed by atoms with Crippen LogP contribution in [0.1, 0.15) is 12.5 Å². The predicted molar refractivity (Wildman–Crippen MR) is 72.0 cm³/mol. The quantitative estimate of drug-likeness (QED) is 0.886. The molecule has 0 amide bonds. The van der Waals surface area contributed by atoms with E-state index >= 15 is 0 Å². The Bertz CT molecular complexity index is 589. The zero-order chi connectivity index (χ0) is 13.8. The van der Waals surface area contributed by atoms with Crippen molar-refractivity contribution < 1.29 is 9.13 Å². The summed E-state index contributed by atoms with van der Waals surface area (Å²) in [4.78, 5) is 7.98. The van der Waals surface area contributed by atoms with E-state index in [2.05, 4.69) is 15.3 Å². The molecule has 0 aliphatic rings. The molecule has 6 heteroatoms. The Balaban J connectivity index is 2.33. The molecule has 0 unspecified atom stereocenters. The summed E-state index contributed by atoms with van der Waals surface area (Å²) in [6, 6.07) is 4.46. The molecule has 0 radical (unpaired) electrons. The molecule has 0 saturated heterocycles. The van der Waals surface area contributed by atoms with Crippen LogP contribution in [0.15, 0.2) is 24.5 Å². The third-order valence-electron chi connectivity index (χ3n) is 2.58. The molecule has 0 atom stereocenters. The van der Waals surface area contributed by atoms with Crippen LogP contribution in [0.25, 0.3) is 0 Å². The predicted octanol–water partition coefficient (Wildman–Crippen LogP) is 2.65. The van der Waals surface area contributed by atoms with E-state index in [1.807, 2.05) is 13.8 Å². The third-order valence-corrected chi connectivity index (χ3v) is 2.58. The minimum absolute atomic E-state index is 0.299. The highest BCUT2D eigenvalue weighted by Gasteiger charge is 2.10. The van der Waals surface area contributed by atoms with Gasteiger partial charge in [0.1, 0.15) is 17.8 Å². The van der Waals surface area contributed by atoms with Crippen molar-refractivity contribution in [2.24, 2.45) is 0 Å². The maximum absolute atomic E-state index is 13.2. The topological polar surface area (TPSA) is 73.1 Å². The lowest BCUT2D eigenvalue weighted by molar-refractivity contribution is 0.328. The summed E-state index contributed by atoms with van der Waals surface area (Å²) in [7, 11) is 0. The van der Waals surface area contributed by atoms with Crippen LogP contribution < -0.4 is 15.8 Å². The van der Waals surface area contributed by atoms with Gasteiger partial charge in [0.25, 0.3) is 0 Å². The molecule has 19 heavy (non-hydrogen) atoms. The van der Waals surface area contributed by atoms with Gasteiger partial charge in [-0.2, -0.15) is 4.98 Å². The van der Waals surface area contributed by atoms with Crippen molar-refractivity contribution in [1.82, 2.24) is 9.97 Å². The van der Waals surface area contributed by atoms with Crippen molar-refractivity contribution in [3.63, 3.8) is 0 Å². The smallest absolute Gasteiger partial charge is 0.242 e. The minimum atomic E-state index is -0.328. The van der Waals surface area contributed by atoms with Gasteiger partial charge in [-0.1, -0.05) is 6.07 Å². The number of rotatable bonds is 4. The Hall–Kier alpha value is -2.37. The lowest BCUT2D eigenvalue weighted by Crippen LogP contribution is -2.05. The Labute approximate surface area is 110 Å². The first kappa shape index (κ1) is 13.1. The molecule has 0 fully saturated rings. The molecular weight excluding hydrogens is 247 g/mol. The largest absolute Gasteiger partial charge is 0.476 e. The van der Waals surface area contributed by atoms with E-state index in [0.29, 0.717) is 29.7 Å². The highest BCUT2D eigenvalue weighted by Crippen LogP contribution is 2.28. The number of nitrogens with two attached hydrogens (primary N) is 1. The number of hydrogen-bond acceptors (Lipinski definition) is 5. The van der Waals surface area contributed by atoms with Crippen molar-refractivity contribution in [2.45, 2.75) is 13.8 Å². The van der Waals surface area contributed by atoms with Gasteiger partial charge < -0.3 is 15.8 Å². The molecule has 0 saturated carbocycles. The maximum atomic E-state index is 13.2. The minimum Gasteiger partial charge on any atom is -0.476 e. The van der Waals surface area contributed by atoms with Crippen LogP contribution in [0.3, 0.4) is 0 Å². The van der Waals surface area contributed by atoms with Gasteiger partial charge in [0.15, 0.2) is 5.82 Å². The van der Waals surface area contributed by atoms with Crippen molar-refractivity contribution in [3.8, 4) is 5.88 Å². The van der Waals surface area contributed by atoms with Crippen LogP contribution in [-0.4, -0.2) is 16.6 Å². The number of anilines is 3. The molecular formula is C13H15FN4O. The van der Waals surface area contributed by atoms with Gasteiger partial charge in [0, 0.05) is 5.69 Å². The first-order chi connectivity index (χ1) is 9.11. The number of halogens is 1. The van der Waals surface area contributed by atoms with E-state index in [9.17, 15) is 4.39 Å². The Morgan fingerprint density at radius 1 is 1.37 bits per heavy atom. The second kappa shape index (κ2) is 5.51. The summed E-state index contributed by atoms with van der Waals surface area (Å²) in [5.74, 6) is 0.381. The number of ether oxygens (including phenoxy) is 1. The van der Waals surface area contributed by atoms with Crippen molar-refractivity contribution in [2.75, 3.05) is 17.7 Å². The Morgan fingerprint density at radius 3 is 2.89 bits per heavy atom. The number of benzene rings is 1. The number of hydrogen-bond donors (Lipinski definition) is 2. The van der Waals surface area contributed by atoms with Crippen LogP contribution in [0.2, 0.25) is 0 Å². The molecule has 1 aromatic heterocycles. The van der Waals surface area contributed by atoms with Crippen LogP contribution in [0, 0.1) is 12.7 Å². The van der Waals surface area contributed by atoms with E-state index < -0.39 is 0 Å². The fourth-order valence-corrected chi connectivity index (χ4v) is 1.59. The van der Waals surface area contributed by atoms with Gasteiger partial charge in [-0.05, 0) is 31.5 Å². The van der Waals surface area contributed by atoms with Gasteiger partial charge >= 0.3 is 0 Å². The zero-order valence-electron chi connectivity index (χ0n) is 10.8. The first-order valence-electron chi connectivity index (χ1n) is 5.88. The van der Waals surface area contributed by atoms with E-state index in [-0.39, 0.29) is 5.82 Å². The number of nitrogen functional groups attached to an aromatic ring is 1. The lowest BCUT2D eigenvalue weighted by atomic mass is 10.2. The van der Waals surface area contributed by atoms with Crippen LogP contribution in [-0.2, 0) is 0 Å². The second-order valence-electron chi connectivity index (χ2n) is 3.96. The molecule has 5 nitrogen and oxygen atoms in total. The average Bonchev–Trinajstić information content (AvgIpc) is 2.39. The molecule has 1 aromatic carbocycles. The number of aromatic nitrogens is 2. The normalized spacial score (nSPS) is 10.3. The molecule has 1 heterocycles. The Morgan fingerprint density at radius 2 is 2.16 bits per heavy atom. The van der Waals surface area contributed by atoms with Crippen LogP contribution >= 0.6 is 0 Å². The molecule has 2 aromatic rings. The highest BCUT2D eigenvalue weighted by molar-refractivity contribution is 5.73. The third kappa shape index (κ3) is 2.90. The molecule has 3 N–H and O–H groups in total. The van der Waals surface area contributed by atoms with E-state index in [1.54, 1.807) is 6.07 Å². The van der Waals surface area contributed by atoms with Crippen molar-refractivity contribution in [1.29, 1.82) is 0 Å². The van der Waals surface area contributed by atoms with Gasteiger partial charge in [0.2, 0.25) is 5.88 Å². The number of nitrogens with one attached hydrogen (secondary N) is 1. The van der Waals surface area contributed by atoms with E-state index in [1.165, 1.54) is 18.5 Å². The summed E-state index contributed by atoms with van der Waals surface area (Å²) in [6.07, 6.45) is 1.35. The van der Waals surface area contributed by atoms with Crippen LogP contribution in [0.5, 0.6) is 5.88 Å². The van der Waals surface area contributed by atoms with Crippen LogP contribution in [0.4, 0.5) is 21.6 Å². The fraction of sp³-hybridized carbons (Fsp3) is 0.231. The molecule has 2 rings (SSSR count). The first-order valence-corrected chi connectivity index (χ1v) is 5.88. The average molecular weight is 262 g/mol. The van der Waals surface area contributed by atoms with Gasteiger partial charge in [-0.3, -0.25) is 0 Å². The lowest BCUT2D eigenvalue weighted by Gasteiger charge is -2.12. The number of nitrogens with zero attached hydrogens (tertiary/aromatic N) is 2. The molecule has 0 aliphatic carbocycles. The summed E-state index contributed by atoms with van der Waals surface area (Å²) in [5.41, 5.74) is 7.69. The molecule has 0 aliphatic heterocycles. The van der Waals surface area contributed by atoms with Gasteiger partial charge in [-0.15, -0.1) is 0 Å². The summed E-state index contributed by atoms with van der Waals surface area (Å²) in [5, 5.41) is 2.98. The molecule has 0 spiro atoms. The molecule has 0 bridgehead atoms. The zero-order valence-corrected chi connectivity index (χ0v) is 10.8. The fourth-order valence-electron chi connectivity index (χ4n) is 1.59. The summed E-state index contributed by atoms with van der Waals surface area (Å²) < 4.78 is 18.5. The second-order valence-corrected chi connectivity index (χ2v) is 3.96. The van der Waals surface area contributed by atoms with Crippen molar-refractivity contribution >= 4 is 17.2 Å². The van der Waals surface area contributed by atoms with Gasteiger partial charge in [-0.25, -0.2) is 9.37 Å². The monoisotopic (exact) mass is 262 g/mol. The van der Waals surface area contributed by atoms with E-state index in [4.69, 9.17) is 10.5 Å².